The molecule has 21 heavy (non-hydrogen) atoms. The van der Waals surface area contributed by atoms with E-state index in [-0.39, 0.29) is 12.6 Å². The number of aliphatic hydroxyl groups excluding tert-OH is 1. The monoisotopic (exact) mass is 300 g/mol. The van der Waals surface area contributed by atoms with Crippen LogP contribution in [0.4, 0.5) is 0 Å². The molecule has 0 amide bonds. The van der Waals surface area contributed by atoms with Crippen LogP contribution in [-0.2, 0) is 12.8 Å². The number of hydrogen-bond donors (Lipinski definition) is 1. The van der Waals surface area contributed by atoms with E-state index >= 15 is 0 Å². The van der Waals surface area contributed by atoms with Crippen LogP contribution in [-0.4, -0.2) is 21.3 Å². The minimum Gasteiger partial charge on any atom is -0.394 e. The molecule has 4 heteroatoms. The molecule has 0 spiro atoms. The van der Waals surface area contributed by atoms with Crippen molar-refractivity contribution in [3.8, 4) is 11.4 Å². The molecule has 1 N–H and O–H groups in total. The Bertz CT molecular complexity index is 694. The Balaban J connectivity index is 2.28. The zero-order valence-electron chi connectivity index (χ0n) is 12.2. The summed E-state index contributed by atoms with van der Waals surface area (Å²) in [6.07, 6.45) is 4.38. The van der Waals surface area contributed by atoms with Crippen LogP contribution in [0.5, 0.6) is 0 Å². The van der Waals surface area contributed by atoms with Crippen LogP contribution in [0.3, 0.4) is 0 Å². The first kappa shape index (κ1) is 14.4. The second-order valence-electron chi connectivity index (χ2n) is 5.64. The third-order valence-electron chi connectivity index (χ3n) is 4.16. The topological polar surface area (TPSA) is 38.0 Å². The fraction of sp³-hybridized carbons (Fsp3) is 0.412. The fourth-order valence-corrected chi connectivity index (χ4v) is 3.38. The Morgan fingerprint density at radius 1 is 1.24 bits per heavy atom. The lowest BCUT2D eigenvalue weighted by molar-refractivity contribution is 0.235. The molecule has 1 unspecified atom stereocenters. The number of fused-ring (bicyclic) bond motifs is 1. The van der Waals surface area contributed by atoms with Crippen molar-refractivity contribution < 1.29 is 5.11 Å². The van der Waals surface area contributed by atoms with Crippen molar-refractivity contribution in [1.82, 2.24) is 9.55 Å². The number of rotatable bonds is 3. The largest absolute Gasteiger partial charge is 0.394 e. The van der Waals surface area contributed by atoms with Gasteiger partial charge in [-0.25, -0.2) is 4.98 Å². The van der Waals surface area contributed by atoms with E-state index in [1.54, 1.807) is 0 Å². The number of aliphatic hydroxyl groups is 1. The summed E-state index contributed by atoms with van der Waals surface area (Å²) in [5, 5.41) is 9.66. The lowest BCUT2D eigenvalue weighted by Crippen LogP contribution is -2.22. The number of nitrogens with zero attached hydrogens (tertiary/aromatic N) is 2. The molecule has 0 radical (unpaired) electrons. The SMILES string of the molecule is CC(CO)n1c(-c2ccccc2)nc(=S)c2c1CCCC2. The predicted octanol–water partition coefficient (Wildman–Crippen LogP) is 3.71. The van der Waals surface area contributed by atoms with Crippen LogP contribution in [0.15, 0.2) is 30.3 Å². The number of benzene rings is 1. The summed E-state index contributed by atoms with van der Waals surface area (Å²) in [5.74, 6) is 0.878. The highest BCUT2D eigenvalue weighted by Crippen LogP contribution is 2.29. The predicted molar refractivity (Wildman–Crippen MR) is 86.9 cm³/mol. The van der Waals surface area contributed by atoms with E-state index in [0.29, 0.717) is 0 Å². The van der Waals surface area contributed by atoms with E-state index in [4.69, 9.17) is 17.2 Å². The molecule has 3 nitrogen and oxygen atoms in total. The van der Waals surface area contributed by atoms with Crippen LogP contribution in [0, 0.1) is 4.64 Å². The average molecular weight is 300 g/mol. The Kier molecular flexibility index (Phi) is 4.17. The van der Waals surface area contributed by atoms with Gasteiger partial charge in [0.15, 0.2) is 0 Å². The first-order valence-electron chi connectivity index (χ1n) is 7.53. The van der Waals surface area contributed by atoms with Gasteiger partial charge in [0, 0.05) is 16.8 Å². The fourth-order valence-electron chi connectivity index (χ4n) is 3.08. The Labute approximate surface area is 130 Å². The maximum atomic E-state index is 9.66. The van der Waals surface area contributed by atoms with Crippen LogP contribution >= 0.6 is 12.2 Å². The zero-order chi connectivity index (χ0) is 14.8. The lowest BCUT2D eigenvalue weighted by atomic mass is 9.96. The Morgan fingerprint density at radius 2 is 1.95 bits per heavy atom. The maximum Gasteiger partial charge on any atom is 0.142 e. The molecule has 0 saturated heterocycles. The molecule has 1 heterocycles. The standard InChI is InChI=1S/C17H20N2OS/c1-12(11-20)19-15-10-6-5-9-14(15)17(21)18-16(19)13-7-3-2-4-8-13/h2-4,7-8,12,20H,5-6,9-11H2,1H3. The first-order chi connectivity index (χ1) is 10.2. The van der Waals surface area contributed by atoms with Gasteiger partial charge < -0.3 is 9.67 Å². The summed E-state index contributed by atoms with van der Waals surface area (Å²) < 4.78 is 2.92. The van der Waals surface area contributed by atoms with E-state index in [0.717, 1.165) is 28.9 Å². The number of aromatic nitrogens is 2. The molecule has 0 aliphatic heterocycles. The maximum absolute atomic E-state index is 9.66. The van der Waals surface area contributed by atoms with Crippen LogP contribution < -0.4 is 0 Å². The van der Waals surface area contributed by atoms with Crippen LogP contribution in [0.1, 0.15) is 37.1 Å². The molecular weight excluding hydrogens is 280 g/mol. The van der Waals surface area contributed by atoms with E-state index in [9.17, 15) is 5.11 Å². The van der Waals surface area contributed by atoms with Crippen molar-refractivity contribution in [2.45, 2.75) is 38.6 Å². The average Bonchev–Trinajstić information content (AvgIpc) is 2.55. The minimum atomic E-state index is 0.00940. The summed E-state index contributed by atoms with van der Waals surface area (Å²) in [6.45, 7) is 2.14. The summed E-state index contributed by atoms with van der Waals surface area (Å²) in [7, 11) is 0. The molecule has 1 aliphatic rings. The first-order valence-corrected chi connectivity index (χ1v) is 7.93. The van der Waals surface area contributed by atoms with Crippen LogP contribution in [0.2, 0.25) is 0 Å². The second-order valence-corrected chi connectivity index (χ2v) is 6.03. The summed E-state index contributed by atoms with van der Waals surface area (Å²) in [5.41, 5.74) is 3.52. The molecule has 110 valence electrons. The quantitative estimate of drug-likeness (QED) is 0.878. The molecule has 0 saturated carbocycles. The van der Waals surface area contributed by atoms with Crippen LogP contribution in [0.25, 0.3) is 11.4 Å². The van der Waals surface area contributed by atoms with Gasteiger partial charge >= 0.3 is 0 Å². The van der Waals surface area contributed by atoms with Gasteiger partial charge in [0.1, 0.15) is 10.5 Å². The highest BCUT2D eigenvalue weighted by Gasteiger charge is 2.21. The van der Waals surface area contributed by atoms with Gasteiger partial charge in [-0.05, 0) is 32.6 Å². The van der Waals surface area contributed by atoms with E-state index in [1.807, 2.05) is 37.3 Å². The Morgan fingerprint density at radius 3 is 2.67 bits per heavy atom. The van der Waals surface area contributed by atoms with Crippen molar-refractivity contribution in [2.24, 2.45) is 0 Å². The Hall–Kier alpha value is -1.52. The molecular formula is C17H20N2OS. The molecule has 1 atom stereocenters. The van der Waals surface area contributed by atoms with Gasteiger partial charge in [-0.1, -0.05) is 42.5 Å². The van der Waals surface area contributed by atoms with Gasteiger partial charge in [-0.3, -0.25) is 0 Å². The second kappa shape index (κ2) is 6.08. The third-order valence-corrected chi connectivity index (χ3v) is 4.50. The van der Waals surface area contributed by atoms with Gasteiger partial charge in [0.05, 0.1) is 12.6 Å². The highest BCUT2D eigenvalue weighted by molar-refractivity contribution is 7.71. The normalized spacial score (nSPS) is 15.5. The number of hydrogen-bond acceptors (Lipinski definition) is 3. The smallest absolute Gasteiger partial charge is 0.142 e. The molecule has 3 rings (SSSR count). The summed E-state index contributed by atoms with van der Waals surface area (Å²) in [4.78, 5) is 4.69. The van der Waals surface area contributed by atoms with E-state index in [2.05, 4.69) is 4.57 Å². The molecule has 0 bridgehead atoms. The van der Waals surface area contributed by atoms with Gasteiger partial charge in [0.25, 0.3) is 0 Å². The molecule has 2 aromatic rings. The van der Waals surface area contributed by atoms with Gasteiger partial charge in [-0.2, -0.15) is 0 Å². The molecule has 1 aromatic carbocycles. The van der Waals surface area contributed by atoms with Crippen molar-refractivity contribution in [3.05, 3.63) is 46.2 Å². The van der Waals surface area contributed by atoms with Crippen molar-refractivity contribution in [3.63, 3.8) is 0 Å². The summed E-state index contributed by atoms with van der Waals surface area (Å²) >= 11 is 5.52. The summed E-state index contributed by atoms with van der Waals surface area (Å²) in [6, 6.07) is 10.1. The van der Waals surface area contributed by atoms with Crippen molar-refractivity contribution in [2.75, 3.05) is 6.61 Å². The van der Waals surface area contributed by atoms with Crippen molar-refractivity contribution in [1.29, 1.82) is 0 Å². The van der Waals surface area contributed by atoms with Gasteiger partial charge in [0.2, 0.25) is 0 Å². The van der Waals surface area contributed by atoms with E-state index in [1.165, 1.54) is 24.1 Å². The van der Waals surface area contributed by atoms with E-state index < -0.39 is 0 Å². The minimum absolute atomic E-state index is 0.00940. The van der Waals surface area contributed by atoms with Crippen molar-refractivity contribution >= 4 is 12.2 Å². The molecule has 0 fully saturated rings. The zero-order valence-corrected chi connectivity index (χ0v) is 13.1. The molecule has 1 aliphatic carbocycles. The highest BCUT2D eigenvalue weighted by atomic mass is 32.1. The third kappa shape index (κ3) is 2.65. The molecule has 1 aromatic heterocycles. The van der Waals surface area contributed by atoms with Gasteiger partial charge in [-0.15, -0.1) is 0 Å². The lowest BCUT2D eigenvalue weighted by Gasteiger charge is -2.27.